The summed E-state index contributed by atoms with van der Waals surface area (Å²) in [6, 6.07) is -2.85. The van der Waals surface area contributed by atoms with Crippen LogP contribution in [0.4, 0.5) is 0 Å². The van der Waals surface area contributed by atoms with Crippen LogP contribution in [0.1, 0.15) is 13.8 Å². The maximum Gasteiger partial charge on any atom is 0.217 e. The molecule has 40 heavy (non-hydrogen) atoms. The fourth-order valence-electron chi connectivity index (χ4n) is 4.86. The first-order valence-electron chi connectivity index (χ1n) is 12.6. The standard InChI is InChI=1S/C22H38N2O16/c1-6(28)23-11-15(32)13(30)8(3-25)37-21(11)39-18-10(5-27)36-20(35)19(17(18)34)40-22-12(24-7(2)29)16(33)14(31)9(4-26)38-22/h8-22,25-27,30-35H,3-5H2,1-2H3,(H,23,28)(H,24,29)/t8-,9-,10-,11-,12-,13-,14-,15-,16-,17+,18-,19+,20+,21+,22+/m1/s1. The summed E-state index contributed by atoms with van der Waals surface area (Å²) in [4.78, 5) is 23.4. The van der Waals surface area contributed by atoms with Gasteiger partial charge in [-0.2, -0.15) is 0 Å². The number of hydrogen-bond acceptors (Lipinski definition) is 16. The molecule has 0 radical (unpaired) electrons. The highest BCUT2D eigenvalue weighted by Crippen LogP contribution is 2.32. The van der Waals surface area contributed by atoms with Gasteiger partial charge in [-0.1, -0.05) is 0 Å². The average molecular weight is 587 g/mol. The minimum absolute atomic E-state index is 0.649. The van der Waals surface area contributed by atoms with Crippen LogP contribution >= 0.6 is 0 Å². The fourth-order valence-corrected chi connectivity index (χ4v) is 4.86. The van der Waals surface area contributed by atoms with Crippen LogP contribution in [-0.2, 0) is 33.3 Å². The van der Waals surface area contributed by atoms with E-state index in [2.05, 4.69) is 10.6 Å². The van der Waals surface area contributed by atoms with Crippen LogP contribution in [0.3, 0.4) is 0 Å². The van der Waals surface area contributed by atoms with Crippen molar-refractivity contribution in [3.05, 3.63) is 0 Å². The van der Waals surface area contributed by atoms with Gasteiger partial charge >= 0.3 is 0 Å². The van der Waals surface area contributed by atoms with E-state index in [1.54, 1.807) is 0 Å². The van der Waals surface area contributed by atoms with Gasteiger partial charge < -0.3 is 80.3 Å². The lowest BCUT2D eigenvalue weighted by Crippen LogP contribution is -2.69. The number of rotatable bonds is 9. The number of nitrogens with one attached hydrogen (secondary N) is 2. The molecule has 0 aromatic carbocycles. The second kappa shape index (κ2) is 14.0. The van der Waals surface area contributed by atoms with Crippen LogP contribution in [0.25, 0.3) is 0 Å². The molecule has 18 heteroatoms. The number of hydrogen-bond donors (Lipinski definition) is 11. The van der Waals surface area contributed by atoms with Gasteiger partial charge in [0.15, 0.2) is 18.9 Å². The topological polar surface area (TPSA) is 286 Å². The normalized spacial score (nSPS) is 46.0. The molecule has 11 N–H and O–H groups in total. The second-order valence-electron chi connectivity index (χ2n) is 9.81. The summed E-state index contributed by atoms with van der Waals surface area (Å²) in [6.07, 6.45) is -21.3. The molecule has 0 saturated carbocycles. The van der Waals surface area contributed by atoms with Crippen molar-refractivity contribution in [3.63, 3.8) is 0 Å². The van der Waals surface area contributed by atoms with Gasteiger partial charge in [0.25, 0.3) is 0 Å². The Kier molecular flexibility index (Phi) is 11.5. The highest BCUT2D eigenvalue weighted by molar-refractivity contribution is 5.73. The molecule has 0 bridgehead atoms. The molecule has 18 nitrogen and oxygen atoms in total. The number of carbonyl (C=O) groups is 2. The van der Waals surface area contributed by atoms with E-state index in [1.165, 1.54) is 0 Å². The number of aliphatic hydroxyl groups is 9. The predicted octanol–water partition coefficient (Wildman–Crippen LogP) is -7.29. The van der Waals surface area contributed by atoms with E-state index in [9.17, 15) is 55.5 Å². The van der Waals surface area contributed by atoms with Gasteiger partial charge in [0, 0.05) is 13.8 Å². The van der Waals surface area contributed by atoms with Crippen LogP contribution in [0.2, 0.25) is 0 Å². The highest BCUT2D eigenvalue weighted by Gasteiger charge is 2.54. The van der Waals surface area contributed by atoms with Crippen molar-refractivity contribution in [2.24, 2.45) is 0 Å². The van der Waals surface area contributed by atoms with Crippen LogP contribution in [0.5, 0.6) is 0 Å². The van der Waals surface area contributed by atoms with Gasteiger partial charge in [-0.3, -0.25) is 9.59 Å². The monoisotopic (exact) mass is 586 g/mol. The third kappa shape index (κ3) is 7.05. The number of ether oxygens (including phenoxy) is 5. The zero-order chi connectivity index (χ0) is 29.9. The quantitative estimate of drug-likeness (QED) is 0.120. The molecule has 15 atom stereocenters. The first-order valence-corrected chi connectivity index (χ1v) is 12.6. The lowest BCUT2D eigenvalue weighted by molar-refractivity contribution is -0.369. The van der Waals surface area contributed by atoms with Crippen molar-refractivity contribution >= 4 is 11.8 Å². The largest absolute Gasteiger partial charge is 0.394 e. The van der Waals surface area contributed by atoms with E-state index < -0.39 is 124 Å². The zero-order valence-corrected chi connectivity index (χ0v) is 21.7. The maximum absolute atomic E-state index is 11.7. The molecule has 232 valence electrons. The first-order chi connectivity index (χ1) is 18.8. The molecule has 3 saturated heterocycles. The van der Waals surface area contributed by atoms with E-state index in [4.69, 9.17) is 23.7 Å². The summed E-state index contributed by atoms with van der Waals surface area (Å²) in [7, 11) is 0. The molecule has 0 aliphatic carbocycles. The molecule has 0 spiro atoms. The molecular formula is C22H38N2O16. The SMILES string of the molecule is CC(=O)N[C@H]1[C@H](O[C@H]2[C@@H](O)[C@H](O[C@@H]3O[C@H](CO)[C@@H](O)[C@H](O)[C@H]3NC(C)=O)[C@@H](CO)O[C@@H]2O)O[C@H](CO)[C@@H](O)[C@@H]1O. The van der Waals surface area contributed by atoms with Crippen molar-refractivity contribution in [1.29, 1.82) is 0 Å². The first kappa shape index (κ1) is 32.9. The van der Waals surface area contributed by atoms with Crippen LogP contribution < -0.4 is 10.6 Å². The Morgan fingerprint density at radius 3 is 1.38 bits per heavy atom. The Morgan fingerprint density at radius 2 is 1.00 bits per heavy atom. The Hall–Kier alpha value is -1.62. The Balaban J connectivity index is 1.86. The lowest BCUT2D eigenvalue weighted by atomic mass is 9.94. The van der Waals surface area contributed by atoms with Gasteiger partial charge in [0.1, 0.15) is 73.1 Å². The highest BCUT2D eigenvalue weighted by atomic mass is 16.7. The molecule has 3 fully saturated rings. The maximum atomic E-state index is 11.7. The number of carbonyl (C=O) groups excluding carboxylic acids is 2. The minimum Gasteiger partial charge on any atom is -0.394 e. The lowest BCUT2D eigenvalue weighted by Gasteiger charge is -2.49. The Bertz CT molecular complexity index is 854. The van der Waals surface area contributed by atoms with Crippen molar-refractivity contribution in [3.8, 4) is 0 Å². The second-order valence-corrected chi connectivity index (χ2v) is 9.81. The van der Waals surface area contributed by atoms with E-state index >= 15 is 0 Å². The fraction of sp³-hybridized carbons (Fsp3) is 0.909. The van der Waals surface area contributed by atoms with E-state index in [0.717, 1.165) is 13.8 Å². The van der Waals surface area contributed by atoms with Crippen molar-refractivity contribution in [1.82, 2.24) is 10.6 Å². The van der Waals surface area contributed by atoms with Gasteiger partial charge in [-0.05, 0) is 0 Å². The van der Waals surface area contributed by atoms with Gasteiger partial charge in [-0.15, -0.1) is 0 Å². The van der Waals surface area contributed by atoms with Gasteiger partial charge in [-0.25, -0.2) is 0 Å². The van der Waals surface area contributed by atoms with Crippen LogP contribution in [0.15, 0.2) is 0 Å². The molecule has 3 aliphatic rings. The van der Waals surface area contributed by atoms with E-state index in [-0.39, 0.29) is 0 Å². The molecule has 0 unspecified atom stereocenters. The van der Waals surface area contributed by atoms with Crippen LogP contribution in [0, 0.1) is 0 Å². The zero-order valence-electron chi connectivity index (χ0n) is 21.7. The third-order valence-corrected chi connectivity index (χ3v) is 6.90. The summed E-state index contributed by atoms with van der Waals surface area (Å²) >= 11 is 0. The molecule has 3 heterocycles. The third-order valence-electron chi connectivity index (χ3n) is 6.90. The Morgan fingerprint density at radius 1 is 0.600 bits per heavy atom. The average Bonchev–Trinajstić information content (AvgIpc) is 2.90. The van der Waals surface area contributed by atoms with Gasteiger partial charge in [0.05, 0.1) is 19.8 Å². The summed E-state index contributed by atoms with van der Waals surface area (Å²) in [5, 5.41) is 96.7. The molecule has 3 aliphatic heterocycles. The molecule has 3 rings (SSSR count). The van der Waals surface area contributed by atoms with Crippen LogP contribution in [-0.4, -0.2) is 170 Å². The van der Waals surface area contributed by atoms with Crippen molar-refractivity contribution in [2.45, 2.75) is 106 Å². The van der Waals surface area contributed by atoms with Crippen molar-refractivity contribution in [2.75, 3.05) is 19.8 Å². The molecule has 2 amide bonds. The molecule has 0 aromatic heterocycles. The minimum atomic E-state index is -1.94. The van der Waals surface area contributed by atoms with E-state index in [1.807, 2.05) is 0 Å². The Labute approximate surface area is 228 Å². The smallest absolute Gasteiger partial charge is 0.217 e. The summed E-state index contributed by atoms with van der Waals surface area (Å²) in [6.45, 7) is -0.114. The number of aliphatic hydroxyl groups excluding tert-OH is 9. The van der Waals surface area contributed by atoms with E-state index in [0.29, 0.717) is 0 Å². The summed E-state index contributed by atoms with van der Waals surface area (Å²) in [5.74, 6) is -1.31. The number of amides is 2. The molecular weight excluding hydrogens is 548 g/mol. The summed E-state index contributed by atoms with van der Waals surface area (Å²) in [5.41, 5.74) is 0. The van der Waals surface area contributed by atoms with Crippen molar-refractivity contribution < 1.29 is 79.2 Å². The van der Waals surface area contributed by atoms with Gasteiger partial charge in [0.2, 0.25) is 11.8 Å². The summed E-state index contributed by atoms with van der Waals surface area (Å²) < 4.78 is 27.7. The molecule has 0 aromatic rings. The predicted molar refractivity (Wildman–Crippen MR) is 124 cm³/mol.